The minimum Gasteiger partial charge on any atom is -0.353 e. The van der Waals surface area contributed by atoms with Gasteiger partial charge in [0.15, 0.2) is 0 Å². The minimum absolute atomic E-state index is 0.0467. The summed E-state index contributed by atoms with van der Waals surface area (Å²) in [5.41, 5.74) is 0.497. The molecular weight excluding hydrogens is 569 g/mol. The van der Waals surface area contributed by atoms with Crippen molar-refractivity contribution in [3.05, 3.63) is 35.9 Å². The zero-order valence-electron chi connectivity index (χ0n) is 25.4. The van der Waals surface area contributed by atoms with Gasteiger partial charge in [-0.25, -0.2) is 0 Å². The third kappa shape index (κ3) is 9.74. The zero-order chi connectivity index (χ0) is 30.1. The Hall–Kier alpha value is -2.04. The number of carbonyl (C=O) groups is 4. The van der Waals surface area contributed by atoms with E-state index in [-0.39, 0.29) is 29.7 Å². The molecule has 1 aromatic rings. The van der Waals surface area contributed by atoms with Crippen molar-refractivity contribution in [1.82, 2.24) is 20.4 Å². The Morgan fingerprint density at radius 1 is 1.00 bits per heavy atom. The molecule has 2 atom stereocenters. The SMILES string of the molecule is CC(C)(C)C(=O)C(=O)N1CSC[C@H]1C(=O)NC(CC(=O)NC1CCN(Cc2ccccc2)CC1)SCC1CCCCC1. The minimum atomic E-state index is -0.806. The summed E-state index contributed by atoms with van der Waals surface area (Å²) in [6.07, 6.45) is 8.15. The van der Waals surface area contributed by atoms with Crippen LogP contribution in [0.1, 0.15) is 77.7 Å². The highest BCUT2D eigenvalue weighted by atomic mass is 32.2. The number of hydrogen-bond acceptors (Lipinski definition) is 7. The van der Waals surface area contributed by atoms with Crippen LogP contribution in [0, 0.1) is 11.3 Å². The van der Waals surface area contributed by atoms with E-state index >= 15 is 0 Å². The summed E-state index contributed by atoms with van der Waals surface area (Å²) in [6, 6.07) is 9.89. The number of piperidine rings is 1. The number of amides is 3. The van der Waals surface area contributed by atoms with Crippen LogP contribution in [0.3, 0.4) is 0 Å². The number of ketones is 1. The topological polar surface area (TPSA) is 98.8 Å². The van der Waals surface area contributed by atoms with Gasteiger partial charge < -0.3 is 15.5 Å². The molecular formula is C32H48N4O4S2. The van der Waals surface area contributed by atoms with Crippen molar-refractivity contribution < 1.29 is 19.2 Å². The molecule has 2 aliphatic heterocycles. The second-order valence-electron chi connectivity index (χ2n) is 13.0. The van der Waals surface area contributed by atoms with Gasteiger partial charge in [0.2, 0.25) is 17.6 Å². The van der Waals surface area contributed by atoms with Crippen molar-refractivity contribution in [1.29, 1.82) is 0 Å². The fourth-order valence-corrected chi connectivity index (χ4v) is 8.32. The van der Waals surface area contributed by atoms with E-state index in [1.807, 2.05) is 6.07 Å². The van der Waals surface area contributed by atoms with Crippen LogP contribution in [0.2, 0.25) is 0 Å². The van der Waals surface area contributed by atoms with Crippen molar-refractivity contribution in [3.8, 4) is 0 Å². The molecule has 1 saturated carbocycles. The molecule has 0 radical (unpaired) electrons. The van der Waals surface area contributed by atoms with E-state index in [1.54, 1.807) is 32.5 Å². The Labute approximate surface area is 259 Å². The van der Waals surface area contributed by atoms with Crippen LogP contribution in [-0.2, 0) is 25.7 Å². The first kappa shape index (κ1) is 32.9. The number of nitrogens with one attached hydrogen (secondary N) is 2. The van der Waals surface area contributed by atoms with Gasteiger partial charge in [0.1, 0.15) is 6.04 Å². The number of benzene rings is 1. The maximum Gasteiger partial charge on any atom is 0.291 e. The van der Waals surface area contributed by atoms with Gasteiger partial charge in [0, 0.05) is 36.8 Å². The largest absolute Gasteiger partial charge is 0.353 e. The van der Waals surface area contributed by atoms with Crippen molar-refractivity contribution in [2.45, 2.75) is 96.1 Å². The average molecular weight is 617 g/mol. The van der Waals surface area contributed by atoms with Crippen molar-refractivity contribution >= 4 is 47.0 Å². The van der Waals surface area contributed by atoms with Crippen LogP contribution in [0.4, 0.5) is 0 Å². The van der Waals surface area contributed by atoms with E-state index in [0.717, 1.165) is 38.2 Å². The quantitative estimate of drug-likeness (QED) is 0.280. The normalized spacial score (nSPS) is 21.6. The summed E-state index contributed by atoms with van der Waals surface area (Å²) in [6.45, 7) is 7.95. The Kier molecular flexibility index (Phi) is 12.2. The van der Waals surface area contributed by atoms with Crippen LogP contribution < -0.4 is 10.6 Å². The van der Waals surface area contributed by atoms with Gasteiger partial charge in [-0.1, -0.05) is 70.4 Å². The molecule has 2 saturated heterocycles. The molecule has 4 rings (SSSR count). The van der Waals surface area contributed by atoms with Crippen molar-refractivity contribution in [3.63, 3.8) is 0 Å². The summed E-state index contributed by atoms with van der Waals surface area (Å²) in [5, 5.41) is 5.95. The van der Waals surface area contributed by atoms with E-state index in [4.69, 9.17) is 0 Å². The predicted octanol–water partition coefficient (Wildman–Crippen LogP) is 4.43. The highest BCUT2D eigenvalue weighted by molar-refractivity contribution is 8.00. The third-order valence-electron chi connectivity index (χ3n) is 8.45. The van der Waals surface area contributed by atoms with Crippen LogP contribution in [0.25, 0.3) is 0 Å². The highest BCUT2D eigenvalue weighted by Crippen LogP contribution is 2.30. The molecule has 42 heavy (non-hydrogen) atoms. The Morgan fingerprint density at radius 2 is 1.69 bits per heavy atom. The molecule has 2 N–H and O–H groups in total. The summed E-state index contributed by atoms with van der Waals surface area (Å²) in [4.78, 5) is 56.2. The highest BCUT2D eigenvalue weighted by Gasteiger charge is 2.41. The molecule has 10 heteroatoms. The Balaban J connectivity index is 1.31. The van der Waals surface area contributed by atoms with Crippen LogP contribution in [0.5, 0.6) is 0 Å². The van der Waals surface area contributed by atoms with Crippen LogP contribution in [-0.4, -0.2) is 81.2 Å². The lowest BCUT2D eigenvalue weighted by molar-refractivity contribution is -0.150. The standard InChI is InChI=1S/C32H48N4O4S2/c1-32(2,3)29(38)31(40)36-22-41-21-26(36)30(39)34-28(42-20-24-12-8-5-9-13-24)18-27(37)33-25-14-16-35(17-15-25)19-23-10-6-4-7-11-23/h4,6-7,10-11,24-26,28H,5,8-9,12-22H2,1-3H3,(H,33,37)(H,34,39)/t26-,28?/m0/s1. The molecule has 2 heterocycles. The number of Topliss-reactive ketones (excluding diaryl/α,β-unsaturated/α-hetero) is 1. The molecule has 0 bridgehead atoms. The first-order chi connectivity index (χ1) is 20.1. The molecule has 1 unspecified atom stereocenters. The van der Waals surface area contributed by atoms with E-state index in [1.165, 1.54) is 54.3 Å². The van der Waals surface area contributed by atoms with Crippen molar-refractivity contribution in [2.24, 2.45) is 11.3 Å². The summed E-state index contributed by atoms with van der Waals surface area (Å²) in [7, 11) is 0. The zero-order valence-corrected chi connectivity index (χ0v) is 27.1. The lowest BCUT2D eigenvalue weighted by Gasteiger charge is -2.33. The molecule has 1 aromatic carbocycles. The van der Waals surface area contributed by atoms with Gasteiger partial charge >= 0.3 is 0 Å². The van der Waals surface area contributed by atoms with Gasteiger partial charge in [-0.05, 0) is 42.9 Å². The second kappa shape index (κ2) is 15.6. The number of hydrogen-bond donors (Lipinski definition) is 2. The fourth-order valence-electron chi connectivity index (χ4n) is 5.86. The molecule has 232 valence electrons. The summed E-state index contributed by atoms with van der Waals surface area (Å²) >= 11 is 3.13. The fraction of sp³-hybridized carbons (Fsp3) is 0.688. The van der Waals surface area contributed by atoms with Crippen molar-refractivity contribution in [2.75, 3.05) is 30.5 Å². The molecule has 8 nitrogen and oxygen atoms in total. The predicted molar refractivity (Wildman–Crippen MR) is 171 cm³/mol. The third-order valence-corrected chi connectivity index (χ3v) is 10.8. The monoisotopic (exact) mass is 616 g/mol. The molecule has 3 aliphatic rings. The number of nitrogens with zero attached hydrogens (tertiary/aromatic N) is 2. The maximum atomic E-state index is 13.5. The van der Waals surface area contributed by atoms with Crippen LogP contribution >= 0.6 is 23.5 Å². The van der Waals surface area contributed by atoms with E-state index in [0.29, 0.717) is 17.5 Å². The van der Waals surface area contributed by atoms with Gasteiger partial charge in [-0.3, -0.25) is 24.1 Å². The molecule has 3 amide bonds. The maximum absolute atomic E-state index is 13.5. The number of likely N-dealkylation sites (tertiary alicyclic amines) is 1. The second-order valence-corrected chi connectivity index (χ2v) is 15.2. The smallest absolute Gasteiger partial charge is 0.291 e. The Morgan fingerprint density at radius 3 is 2.36 bits per heavy atom. The number of carbonyl (C=O) groups excluding carboxylic acids is 4. The first-order valence-corrected chi connectivity index (χ1v) is 17.7. The lowest BCUT2D eigenvalue weighted by atomic mass is 9.90. The molecule has 0 aromatic heterocycles. The summed E-state index contributed by atoms with van der Waals surface area (Å²) in [5.74, 6) is 0.860. The van der Waals surface area contributed by atoms with Gasteiger partial charge in [0.05, 0.1) is 17.7 Å². The van der Waals surface area contributed by atoms with Gasteiger partial charge in [-0.15, -0.1) is 23.5 Å². The van der Waals surface area contributed by atoms with E-state index in [2.05, 4.69) is 39.8 Å². The Bertz CT molecular complexity index is 1070. The van der Waals surface area contributed by atoms with E-state index < -0.39 is 23.1 Å². The molecule has 0 spiro atoms. The number of thioether (sulfide) groups is 2. The van der Waals surface area contributed by atoms with Crippen LogP contribution in [0.15, 0.2) is 30.3 Å². The van der Waals surface area contributed by atoms with E-state index in [9.17, 15) is 19.2 Å². The molecule has 3 fully saturated rings. The number of rotatable bonds is 11. The molecule has 1 aliphatic carbocycles. The first-order valence-electron chi connectivity index (χ1n) is 15.5. The van der Waals surface area contributed by atoms with Gasteiger partial charge in [0.25, 0.3) is 5.91 Å². The van der Waals surface area contributed by atoms with Gasteiger partial charge in [-0.2, -0.15) is 0 Å². The average Bonchev–Trinajstić information content (AvgIpc) is 3.47. The summed E-state index contributed by atoms with van der Waals surface area (Å²) < 4.78 is 0. The lowest BCUT2D eigenvalue weighted by Crippen LogP contribution is -2.53.